The first-order valence-electron chi connectivity index (χ1n) is 9.90. The second-order valence-electron chi connectivity index (χ2n) is 7.89. The maximum atomic E-state index is 13.5. The highest BCUT2D eigenvalue weighted by Crippen LogP contribution is 2.35. The minimum Gasteiger partial charge on any atom is -0.481 e. The summed E-state index contributed by atoms with van der Waals surface area (Å²) in [5, 5.41) is 9.20. The van der Waals surface area contributed by atoms with Crippen LogP contribution in [0.3, 0.4) is 0 Å². The average Bonchev–Trinajstić information content (AvgIpc) is 3.17. The Morgan fingerprint density at radius 3 is 2.79 bits per heavy atom. The van der Waals surface area contributed by atoms with Crippen molar-refractivity contribution in [2.75, 3.05) is 13.1 Å². The van der Waals surface area contributed by atoms with Crippen molar-refractivity contribution in [1.29, 1.82) is 0 Å². The molecule has 4 nitrogen and oxygen atoms in total. The molecule has 1 saturated heterocycles. The Bertz CT molecular complexity index is 910. The molecule has 28 heavy (non-hydrogen) atoms. The molecule has 2 atom stereocenters. The van der Waals surface area contributed by atoms with Gasteiger partial charge in [0.25, 0.3) is 5.91 Å². The number of fused-ring (bicyclic) bond motifs is 1. The van der Waals surface area contributed by atoms with E-state index in [1.165, 1.54) is 6.07 Å². The minimum absolute atomic E-state index is 0.0207. The van der Waals surface area contributed by atoms with Crippen LogP contribution in [-0.4, -0.2) is 35.0 Å². The molecule has 2 unspecified atom stereocenters. The van der Waals surface area contributed by atoms with Gasteiger partial charge in [-0.05, 0) is 72.6 Å². The van der Waals surface area contributed by atoms with Gasteiger partial charge in [0.05, 0.1) is 6.42 Å². The second-order valence-corrected chi connectivity index (χ2v) is 7.89. The smallest absolute Gasteiger partial charge is 0.303 e. The zero-order valence-electron chi connectivity index (χ0n) is 15.7. The third-order valence-corrected chi connectivity index (χ3v) is 6.05. The maximum Gasteiger partial charge on any atom is 0.303 e. The number of aryl methyl sites for hydroxylation is 1. The molecule has 2 aliphatic rings. The van der Waals surface area contributed by atoms with Crippen LogP contribution in [0.25, 0.3) is 0 Å². The van der Waals surface area contributed by atoms with E-state index in [0.717, 1.165) is 42.4 Å². The first kappa shape index (κ1) is 18.7. The van der Waals surface area contributed by atoms with Gasteiger partial charge in [0.1, 0.15) is 5.82 Å². The summed E-state index contributed by atoms with van der Waals surface area (Å²) in [7, 11) is 0. The van der Waals surface area contributed by atoms with Crippen LogP contribution in [0, 0.1) is 5.82 Å². The van der Waals surface area contributed by atoms with Crippen LogP contribution in [0.15, 0.2) is 42.5 Å². The largest absolute Gasteiger partial charge is 0.481 e. The number of hydrogen-bond donors (Lipinski definition) is 1. The van der Waals surface area contributed by atoms with Crippen molar-refractivity contribution in [3.63, 3.8) is 0 Å². The fourth-order valence-electron chi connectivity index (χ4n) is 4.61. The summed E-state index contributed by atoms with van der Waals surface area (Å²) in [4.78, 5) is 26.1. The van der Waals surface area contributed by atoms with Crippen molar-refractivity contribution >= 4 is 11.9 Å². The molecule has 0 radical (unpaired) electrons. The van der Waals surface area contributed by atoms with E-state index in [9.17, 15) is 19.1 Å². The Hall–Kier alpha value is -2.69. The van der Waals surface area contributed by atoms with Crippen molar-refractivity contribution in [2.24, 2.45) is 0 Å². The maximum absolute atomic E-state index is 13.5. The van der Waals surface area contributed by atoms with E-state index in [1.807, 2.05) is 29.2 Å². The number of hydrogen-bond acceptors (Lipinski definition) is 2. The summed E-state index contributed by atoms with van der Waals surface area (Å²) in [5.41, 5.74) is 3.73. The van der Waals surface area contributed by atoms with Gasteiger partial charge in [0.2, 0.25) is 0 Å². The monoisotopic (exact) mass is 381 g/mol. The molecule has 0 saturated carbocycles. The Kier molecular flexibility index (Phi) is 5.16. The molecule has 1 aliphatic heterocycles. The summed E-state index contributed by atoms with van der Waals surface area (Å²) in [6, 6.07) is 12.4. The molecule has 2 aromatic rings. The first-order chi connectivity index (χ1) is 13.5. The van der Waals surface area contributed by atoms with Gasteiger partial charge in [0.15, 0.2) is 0 Å². The molecule has 1 aliphatic carbocycles. The van der Waals surface area contributed by atoms with Crippen LogP contribution in [0.4, 0.5) is 4.39 Å². The lowest BCUT2D eigenvalue weighted by Crippen LogP contribution is -2.29. The summed E-state index contributed by atoms with van der Waals surface area (Å²) in [6.45, 7) is 1.23. The molecular formula is C23H24FNO3. The lowest BCUT2D eigenvalue weighted by Gasteiger charge is -2.25. The zero-order chi connectivity index (χ0) is 19.7. The number of nitrogens with zero attached hydrogens (tertiary/aromatic N) is 1. The van der Waals surface area contributed by atoms with E-state index < -0.39 is 5.97 Å². The number of amides is 1. The van der Waals surface area contributed by atoms with Crippen LogP contribution >= 0.6 is 0 Å². The predicted octanol–water partition coefficient (Wildman–Crippen LogP) is 4.35. The molecule has 1 N–H and O–H groups in total. The quantitative estimate of drug-likeness (QED) is 0.857. The highest BCUT2D eigenvalue weighted by Gasteiger charge is 2.29. The molecule has 0 spiro atoms. The van der Waals surface area contributed by atoms with Gasteiger partial charge in [-0.25, -0.2) is 4.39 Å². The van der Waals surface area contributed by atoms with E-state index in [4.69, 9.17) is 0 Å². The van der Waals surface area contributed by atoms with Crippen molar-refractivity contribution in [3.05, 3.63) is 70.5 Å². The molecule has 2 aromatic carbocycles. The van der Waals surface area contributed by atoms with E-state index in [1.54, 1.807) is 12.1 Å². The number of halogens is 1. The summed E-state index contributed by atoms with van der Waals surface area (Å²) in [5.74, 6) is -0.945. The standard InChI is InChI=1S/C23H24FNO3/c24-20-6-2-4-16(11-20)19-9-10-25(14-19)23(28)18-8-7-15-3-1-5-17(13-22(26)27)21(15)12-18/h2,4,6-8,11-12,17,19H,1,3,5,9-10,13-14H2,(H,26,27). The topological polar surface area (TPSA) is 57.6 Å². The number of carboxylic acids is 1. The van der Waals surface area contributed by atoms with Gasteiger partial charge in [-0.2, -0.15) is 0 Å². The fraction of sp³-hybridized carbons (Fsp3) is 0.391. The number of rotatable bonds is 4. The molecule has 0 bridgehead atoms. The molecule has 1 amide bonds. The summed E-state index contributed by atoms with van der Waals surface area (Å²) >= 11 is 0. The Morgan fingerprint density at radius 2 is 2.00 bits per heavy atom. The SMILES string of the molecule is O=C(O)CC1CCCc2ccc(C(=O)N3CCC(c4cccc(F)c4)C3)cc21. The summed E-state index contributed by atoms with van der Waals surface area (Å²) in [6.07, 6.45) is 3.70. The van der Waals surface area contributed by atoms with Gasteiger partial charge in [-0.15, -0.1) is 0 Å². The van der Waals surface area contributed by atoms with E-state index >= 15 is 0 Å². The fourth-order valence-corrected chi connectivity index (χ4v) is 4.61. The van der Waals surface area contributed by atoms with Crippen LogP contribution in [0.1, 0.15) is 64.6 Å². The number of likely N-dealkylation sites (tertiary alicyclic amines) is 1. The van der Waals surface area contributed by atoms with Gasteiger partial charge < -0.3 is 10.0 Å². The highest BCUT2D eigenvalue weighted by atomic mass is 19.1. The molecule has 5 heteroatoms. The highest BCUT2D eigenvalue weighted by molar-refractivity contribution is 5.95. The lowest BCUT2D eigenvalue weighted by atomic mass is 9.80. The van der Waals surface area contributed by atoms with Gasteiger partial charge in [-0.1, -0.05) is 18.2 Å². The third kappa shape index (κ3) is 3.79. The van der Waals surface area contributed by atoms with Gasteiger partial charge in [-0.3, -0.25) is 9.59 Å². The summed E-state index contributed by atoms with van der Waals surface area (Å²) < 4.78 is 13.5. The van der Waals surface area contributed by atoms with Crippen molar-refractivity contribution < 1.29 is 19.1 Å². The van der Waals surface area contributed by atoms with Crippen molar-refractivity contribution in [1.82, 2.24) is 4.90 Å². The molecule has 0 aromatic heterocycles. The Labute approximate surface area is 164 Å². The Morgan fingerprint density at radius 1 is 1.14 bits per heavy atom. The number of carbonyl (C=O) groups is 2. The van der Waals surface area contributed by atoms with E-state index in [-0.39, 0.29) is 30.0 Å². The number of carboxylic acid groups (broad SMARTS) is 1. The Balaban J connectivity index is 1.52. The van der Waals surface area contributed by atoms with E-state index in [2.05, 4.69) is 0 Å². The molecule has 1 fully saturated rings. The molecule has 4 rings (SSSR count). The second kappa shape index (κ2) is 7.74. The molecule has 146 valence electrons. The van der Waals surface area contributed by atoms with E-state index in [0.29, 0.717) is 18.7 Å². The van der Waals surface area contributed by atoms with Gasteiger partial charge in [0, 0.05) is 24.6 Å². The lowest BCUT2D eigenvalue weighted by molar-refractivity contribution is -0.137. The van der Waals surface area contributed by atoms with Crippen LogP contribution in [0.2, 0.25) is 0 Å². The van der Waals surface area contributed by atoms with Crippen molar-refractivity contribution in [3.8, 4) is 0 Å². The number of benzene rings is 2. The van der Waals surface area contributed by atoms with Crippen LogP contribution in [0.5, 0.6) is 0 Å². The normalized spacial score (nSPS) is 21.4. The van der Waals surface area contributed by atoms with Gasteiger partial charge >= 0.3 is 5.97 Å². The van der Waals surface area contributed by atoms with Crippen LogP contribution in [-0.2, 0) is 11.2 Å². The average molecular weight is 381 g/mol. The first-order valence-corrected chi connectivity index (χ1v) is 9.90. The molecular weight excluding hydrogens is 357 g/mol. The molecule has 1 heterocycles. The van der Waals surface area contributed by atoms with Crippen LogP contribution < -0.4 is 0 Å². The predicted molar refractivity (Wildman–Crippen MR) is 104 cm³/mol. The third-order valence-electron chi connectivity index (χ3n) is 6.05. The number of aliphatic carboxylic acids is 1. The number of carbonyl (C=O) groups excluding carboxylic acids is 1. The van der Waals surface area contributed by atoms with Crippen molar-refractivity contribution in [2.45, 2.75) is 43.9 Å². The minimum atomic E-state index is -0.799. The zero-order valence-corrected chi connectivity index (χ0v) is 15.7.